The molecule has 2 aliphatic heterocycles. The third-order valence-electron chi connectivity index (χ3n) is 9.76. The minimum absolute atomic E-state index is 0.0552. The zero-order chi connectivity index (χ0) is 34.8. The van der Waals surface area contributed by atoms with Gasteiger partial charge in [0.1, 0.15) is 5.75 Å². The summed E-state index contributed by atoms with van der Waals surface area (Å²) in [4.78, 5) is 49.4. The van der Waals surface area contributed by atoms with E-state index in [1.165, 1.54) is 23.5 Å². The van der Waals surface area contributed by atoms with Crippen LogP contribution in [0.25, 0.3) is 10.2 Å². The van der Waals surface area contributed by atoms with Crippen molar-refractivity contribution in [2.75, 3.05) is 44.1 Å². The van der Waals surface area contributed by atoms with Crippen molar-refractivity contribution in [1.82, 2.24) is 19.8 Å². The van der Waals surface area contributed by atoms with Crippen LogP contribution in [0, 0.1) is 17.7 Å². The highest BCUT2D eigenvalue weighted by atomic mass is 32.1. The maximum Gasteiger partial charge on any atom is 0.264 e. The predicted molar refractivity (Wildman–Crippen MR) is 185 cm³/mol. The van der Waals surface area contributed by atoms with E-state index in [1.807, 2.05) is 56.3 Å². The number of rotatable bonds is 9. The fourth-order valence-electron chi connectivity index (χ4n) is 7.14. The summed E-state index contributed by atoms with van der Waals surface area (Å²) < 4.78 is 22.1. The first kappa shape index (κ1) is 33.1. The van der Waals surface area contributed by atoms with Crippen molar-refractivity contribution in [3.05, 3.63) is 77.6 Å². The quantitative estimate of drug-likeness (QED) is 0.253. The predicted octanol–water partition coefficient (Wildman–Crippen LogP) is 4.98. The number of hydrogen-bond donors (Lipinski definition) is 2. The Morgan fingerprint density at radius 1 is 1.14 bits per heavy atom. The number of ether oxygens (including phenoxy) is 1. The second-order valence-electron chi connectivity index (χ2n) is 14.1. The van der Waals surface area contributed by atoms with E-state index in [-0.39, 0.29) is 29.8 Å². The molecule has 256 valence electrons. The molecule has 4 atom stereocenters. The summed E-state index contributed by atoms with van der Waals surface area (Å²) in [5, 5.41) is 16.8. The number of anilines is 2. The highest BCUT2D eigenvalue weighted by Gasteiger charge is 2.78. The molecule has 2 aromatic carbocycles. The minimum atomic E-state index is -1.14. The lowest BCUT2D eigenvalue weighted by Gasteiger charge is -2.39. The Hall–Kier alpha value is -4.43. The fourth-order valence-corrected chi connectivity index (χ4v) is 8.18. The van der Waals surface area contributed by atoms with Gasteiger partial charge in [-0.1, -0.05) is 18.2 Å². The van der Waals surface area contributed by atoms with Gasteiger partial charge in [0.05, 0.1) is 43.8 Å². The highest BCUT2D eigenvalue weighted by molar-refractivity contribution is 7.21. The van der Waals surface area contributed by atoms with Crippen molar-refractivity contribution in [2.45, 2.75) is 44.4 Å². The molecule has 49 heavy (non-hydrogen) atoms. The lowest BCUT2D eigenvalue weighted by atomic mass is 10.1. The number of aliphatic hydroxyl groups is 1. The maximum absolute atomic E-state index is 15.4. The average Bonchev–Trinajstić information content (AvgIpc) is 3.41. The standard InChI is InChI=1S/C36H39FN6O5S/c1-35(2,47)20-42-36(3)29(30(36)34(46)43(42)22-9-7-6-8-10-22)32(44)39-21-11-12-26(24(37)17-21)48-27-13-15-38-25-18-28(49-31(25)27)33(45)41-16-14-23(19-41)40(4)5/h6-13,15,17-18,23,29-30,47H,14,16,19-20H2,1-5H3,(H,39,44). The topological polar surface area (TPSA) is 119 Å². The first-order valence-corrected chi connectivity index (χ1v) is 17.1. The van der Waals surface area contributed by atoms with Crippen LogP contribution in [0.1, 0.15) is 36.9 Å². The van der Waals surface area contributed by atoms with Crippen LogP contribution in [-0.4, -0.2) is 93.5 Å². The molecule has 0 bridgehead atoms. The number of carbonyl (C=O) groups is 3. The number of hydrazine groups is 1. The van der Waals surface area contributed by atoms with E-state index in [0.717, 1.165) is 6.42 Å². The van der Waals surface area contributed by atoms with E-state index in [1.54, 1.807) is 48.3 Å². The van der Waals surface area contributed by atoms with Crippen LogP contribution in [-0.2, 0) is 9.59 Å². The van der Waals surface area contributed by atoms with Crippen LogP contribution >= 0.6 is 11.3 Å². The van der Waals surface area contributed by atoms with Crippen molar-refractivity contribution >= 4 is 50.6 Å². The molecule has 4 aromatic rings. The third-order valence-corrected chi connectivity index (χ3v) is 10.9. The van der Waals surface area contributed by atoms with E-state index in [4.69, 9.17) is 4.74 Å². The molecule has 2 N–H and O–H groups in total. The summed E-state index contributed by atoms with van der Waals surface area (Å²) in [5.41, 5.74) is -0.549. The van der Waals surface area contributed by atoms with Crippen molar-refractivity contribution in [2.24, 2.45) is 11.8 Å². The molecule has 3 aliphatic rings. The van der Waals surface area contributed by atoms with Crippen LogP contribution < -0.4 is 15.1 Å². The molecular formula is C36H39FN6O5S. The number of pyridine rings is 1. The van der Waals surface area contributed by atoms with Crippen molar-refractivity contribution in [1.29, 1.82) is 0 Å². The van der Waals surface area contributed by atoms with Gasteiger partial charge in [-0.05, 0) is 71.6 Å². The van der Waals surface area contributed by atoms with Crippen LogP contribution in [0.15, 0.2) is 66.9 Å². The number of fused-ring (bicyclic) bond motifs is 2. The summed E-state index contributed by atoms with van der Waals surface area (Å²) in [6.07, 6.45) is 2.47. The number of halogens is 1. The zero-order valence-electron chi connectivity index (χ0n) is 28.0. The first-order chi connectivity index (χ1) is 23.3. The Bertz CT molecular complexity index is 1950. The molecule has 13 heteroatoms. The molecule has 11 nitrogen and oxygen atoms in total. The number of benzene rings is 2. The number of amides is 3. The Balaban J connectivity index is 1.06. The van der Waals surface area contributed by atoms with E-state index in [9.17, 15) is 19.5 Å². The summed E-state index contributed by atoms with van der Waals surface area (Å²) in [7, 11) is 4.03. The molecule has 1 saturated carbocycles. The van der Waals surface area contributed by atoms with Crippen LogP contribution in [0.2, 0.25) is 0 Å². The molecule has 3 fully saturated rings. The van der Waals surface area contributed by atoms with Crippen molar-refractivity contribution < 1.29 is 28.6 Å². The maximum atomic E-state index is 15.4. The number of aromatic nitrogens is 1. The molecule has 3 amide bonds. The van der Waals surface area contributed by atoms with Gasteiger partial charge < -0.3 is 25.0 Å². The summed E-state index contributed by atoms with van der Waals surface area (Å²) in [5.74, 6) is -2.41. The molecule has 4 heterocycles. The van der Waals surface area contributed by atoms with E-state index in [2.05, 4.69) is 15.2 Å². The number of nitrogens with one attached hydrogen (secondary N) is 1. The molecule has 2 saturated heterocycles. The van der Waals surface area contributed by atoms with Gasteiger partial charge in [0.25, 0.3) is 5.91 Å². The van der Waals surface area contributed by atoms with Gasteiger partial charge in [-0.3, -0.25) is 19.4 Å². The summed E-state index contributed by atoms with van der Waals surface area (Å²) >= 11 is 1.26. The lowest BCUT2D eigenvalue weighted by molar-refractivity contribution is -0.126. The molecule has 0 radical (unpaired) electrons. The van der Waals surface area contributed by atoms with Gasteiger partial charge in [0.15, 0.2) is 11.6 Å². The number of likely N-dealkylation sites (tertiary alicyclic amines) is 1. The molecule has 7 rings (SSSR count). The third kappa shape index (κ3) is 5.94. The van der Waals surface area contributed by atoms with Crippen LogP contribution in [0.3, 0.4) is 0 Å². The van der Waals surface area contributed by atoms with Gasteiger partial charge in [0, 0.05) is 49.7 Å². The number of hydrogen-bond acceptors (Lipinski definition) is 9. The number of para-hydroxylation sites is 1. The average molecular weight is 687 g/mol. The number of nitrogens with zero attached hydrogens (tertiary/aromatic N) is 5. The number of β-amino-alcohol motifs (C(OH)–C–C–N with tert-alkyl or cyclic N) is 1. The summed E-state index contributed by atoms with van der Waals surface area (Å²) in [6.45, 7) is 6.63. The number of carbonyl (C=O) groups excluding carboxylic acids is 3. The van der Waals surface area contributed by atoms with Crippen molar-refractivity contribution in [3.8, 4) is 11.5 Å². The monoisotopic (exact) mass is 686 g/mol. The number of likely N-dealkylation sites (N-methyl/N-ethyl adjacent to an activating group) is 1. The molecular weight excluding hydrogens is 647 g/mol. The second-order valence-corrected chi connectivity index (χ2v) is 15.1. The normalized spacial score (nSPS) is 23.8. The van der Waals surface area contributed by atoms with Gasteiger partial charge in [-0.15, -0.1) is 11.3 Å². The SMILES string of the molecule is CN(C)C1CCN(C(=O)c2cc3nccc(Oc4ccc(NC(=O)C5C6C(=O)N(c7ccccc7)N(CC(C)(C)O)C56C)cc4F)c3s2)C1. The number of thiophene rings is 1. The van der Waals surface area contributed by atoms with Gasteiger partial charge in [0.2, 0.25) is 11.8 Å². The van der Waals surface area contributed by atoms with Crippen LogP contribution in [0.5, 0.6) is 11.5 Å². The Morgan fingerprint density at radius 3 is 2.57 bits per heavy atom. The molecule has 1 aliphatic carbocycles. The largest absolute Gasteiger partial charge is 0.453 e. The Labute approximate surface area is 287 Å². The Kier molecular flexibility index (Phi) is 8.21. The van der Waals surface area contributed by atoms with Gasteiger partial charge in [-0.25, -0.2) is 14.4 Å². The summed E-state index contributed by atoms with van der Waals surface area (Å²) in [6, 6.07) is 17.0. The van der Waals surface area contributed by atoms with E-state index in [0.29, 0.717) is 45.7 Å². The van der Waals surface area contributed by atoms with Gasteiger partial charge >= 0.3 is 0 Å². The van der Waals surface area contributed by atoms with Crippen LogP contribution in [0.4, 0.5) is 15.8 Å². The molecule has 4 unspecified atom stereocenters. The highest BCUT2D eigenvalue weighted by Crippen LogP contribution is 2.61. The fraction of sp³-hybridized carbons (Fsp3) is 0.389. The van der Waals surface area contributed by atoms with E-state index >= 15 is 4.39 Å². The second kappa shape index (κ2) is 12.2. The zero-order valence-corrected chi connectivity index (χ0v) is 28.8. The first-order valence-electron chi connectivity index (χ1n) is 16.3. The van der Waals surface area contributed by atoms with E-state index < -0.39 is 34.7 Å². The molecule has 2 aromatic heterocycles. The minimum Gasteiger partial charge on any atom is -0.453 e. The molecule has 0 spiro atoms. The smallest absolute Gasteiger partial charge is 0.264 e. The Morgan fingerprint density at radius 2 is 1.90 bits per heavy atom. The lowest BCUT2D eigenvalue weighted by Crippen LogP contribution is -2.54. The van der Waals surface area contributed by atoms with Gasteiger partial charge in [-0.2, -0.15) is 0 Å². The van der Waals surface area contributed by atoms with Crippen molar-refractivity contribution in [3.63, 3.8) is 0 Å².